The highest BCUT2D eigenvalue weighted by molar-refractivity contribution is 6.31. The van der Waals surface area contributed by atoms with E-state index in [9.17, 15) is 15.2 Å². The van der Waals surface area contributed by atoms with E-state index in [1.54, 1.807) is 0 Å². The van der Waals surface area contributed by atoms with Gasteiger partial charge in [0.2, 0.25) is 5.15 Å². The van der Waals surface area contributed by atoms with E-state index in [0.717, 1.165) is 10.9 Å². The molecule has 2 unspecified atom stereocenters. The Labute approximate surface area is 90.0 Å². The number of aliphatic hydroxyl groups is 2. The van der Waals surface area contributed by atoms with Crippen LogP contribution in [0.3, 0.4) is 0 Å². The molecule has 0 spiro atoms. The largest absolute Gasteiger partial charge is 0.394 e. The van der Waals surface area contributed by atoms with Crippen molar-refractivity contribution in [2.75, 3.05) is 6.61 Å². The van der Waals surface area contributed by atoms with Gasteiger partial charge in [-0.2, -0.15) is 5.10 Å². The molecule has 0 bridgehead atoms. The van der Waals surface area contributed by atoms with Gasteiger partial charge >= 0.3 is 5.69 Å². The Morgan fingerprint density at radius 3 is 2.73 bits per heavy atom. The summed E-state index contributed by atoms with van der Waals surface area (Å²) in [4.78, 5) is 9.78. The van der Waals surface area contributed by atoms with Crippen LogP contribution in [0.1, 0.15) is 13.0 Å². The van der Waals surface area contributed by atoms with Crippen LogP contribution in [0.5, 0.6) is 0 Å². The summed E-state index contributed by atoms with van der Waals surface area (Å²) < 4.78 is 1.09. The van der Waals surface area contributed by atoms with Crippen molar-refractivity contribution in [3.63, 3.8) is 0 Å². The number of nitro groups is 1. The fourth-order valence-corrected chi connectivity index (χ4v) is 1.31. The predicted octanol–water partition coefficient (Wildman–Crippen LogP) is 0.359. The number of aromatic nitrogens is 2. The molecule has 0 aliphatic rings. The average Bonchev–Trinajstić information content (AvgIpc) is 2.48. The molecule has 84 valence electrons. The van der Waals surface area contributed by atoms with Gasteiger partial charge in [-0.05, 0) is 6.92 Å². The Morgan fingerprint density at radius 2 is 2.40 bits per heavy atom. The summed E-state index contributed by atoms with van der Waals surface area (Å²) in [5.41, 5.74) is -0.351. The predicted molar refractivity (Wildman–Crippen MR) is 51.7 cm³/mol. The summed E-state index contributed by atoms with van der Waals surface area (Å²) in [6, 6.07) is -0.740. The topological polar surface area (TPSA) is 101 Å². The summed E-state index contributed by atoms with van der Waals surface area (Å²) in [5, 5.41) is 32.1. The van der Waals surface area contributed by atoms with E-state index in [1.165, 1.54) is 6.92 Å². The SMILES string of the molecule is CC(O)C(CO)n1cc([N+](=O)[O-])c(Cl)n1. The number of hydrogen-bond donors (Lipinski definition) is 2. The summed E-state index contributed by atoms with van der Waals surface area (Å²) in [7, 11) is 0. The van der Waals surface area contributed by atoms with Crippen molar-refractivity contribution >= 4 is 17.3 Å². The normalized spacial score (nSPS) is 14.9. The number of hydrogen-bond acceptors (Lipinski definition) is 5. The van der Waals surface area contributed by atoms with Crippen LogP contribution in [0.4, 0.5) is 5.69 Å². The average molecular weight is 236 g/mol. The third kappa shape index (κ3) is 2.44. The first-order chi connectivity index (χ1) is 6.97. The molecule has 2 N–H and O–H groups in total. The van der Waals surface area contributed by atoms with Gasteiger partial charge in [0.15, 0.2) is 0 Å². The highest BCUT2D eigenvalue weighted by Gasteiger charge is 2.23. The monoisotopic (exact) mass is 235 g/mol. The first kappa shape index (κ1) is 11.9. The van der Waals surface area contributed by atoms with Crippen molar-refractivity contribution < 1.29 is 15.1 Å². The van der Waals surface area contributed by atoms with Gasteiger partial charge in [0, 0.05) is 0 Å². The molecule has 8 heteroatoms. The molecule has 0 aromatic carbocycles. The van der Waals surface area contributed by atoms with Gasteiger partial charge in [-0.25, -0.2) is 0 Å². The van der Waals surface area contributed by atoms with Gasteiger partial charge < -0.3 is 10.2 Å². The molecular formula is C7H10ClN3O4. The molecule has 15 heavy (non-hydrogen) atoms. The van der Waals surface area contributed by atoms with E-state index in [-0.39, 0.29) is 17.4 Å². The molecule has 0 amide bonds. The standard InChI is InChI=1S/C7H10ClN3O4/c1-4(13)6(3-12)10-2-5(11(14)15)7(8)9-10/h2,4,6,12-13H,3H2,1H3. The number of halogens is 1. The van der Waals surface area contributed by atoms with Crippen LogP contribution in [-0.4, -0.2) is 37.6 Å². The van der Waals surface area contributed by atoms with E-state index in [0.29, 0.717) is 0 Å². The van der Waals surface area contributed by atoms with E-state index >= 15 is 0 Å². The van der Waals surface area contributed by atoms with Gasteiger partial charge in [0.05, 0.1) is 17.6 Å². The van der Waals surface area contributed by atoms with Crippen LogP contribution in [0.2, 0.25) is 5.15 Å². The zero-order valence-corrected chi connectivity index (χ0v) is 8.63. The number of rotatable bonds is 4. The maximum absolute atomic E-state index is 10.5. The lowest BCUT2D eigenvalue weighted by Crippen LogP contribution is -2.25. The Balaban J connectivity index is 3.05. The molecule has 0 saturated heterocycles. The molecule has 0 aliphatic carbocycles. The minimum Gasteiger partial charge on any atom is -0.394 e. The molecule has 0 radical (unpaired) electrons. The van der Waals surface area contributed by atoms with Crippen molar-refractivity contribution in [2.24, 2.45) is 0 Å². The second-order valence-electron chi connectivity index (χ2n) is 3.03. The molecule has 0 saturated carbocycles. The smallest absolute Gasteiger partial charge is 0.325 e. The van der Waals surface area contributed by atoms with E-state index < -0.39 is 17.1 Å². The van der Waals surface area contributed by atoms with Crippen molar-refractivity contribution in [3.05, 3.63) is 21.5 Å². The van der Waals surface area contributed by atoms with Gasteiger partial charge in [-0.15, -0.1) is 0 Å². The molecular weight excluding hydrogens is 226 g/mol. The lowest BCUT2D eigenvalue weighted by molar-refractivity contribution is -0.384. The third-order valence-corrected chi connectivity index (χ3v) is 2.22. The Kier molecular flexibility index (Phi) is 3.61. The van der Waals surface area contributed by atoms with Gasteiger partial charge in [-0.3, -0.25) is 14.8 Å². The minimum absolute atomic E-state index is 0.265. The van der Waals surface area contributed by atoms with Gasteiger partial charge in [0.1, 0.15) is 12.2 Å². The van der Waals surface area contributed by atoms with E-state index in [2.05, 4.69) is 5.10 Å². The first-order valence-electron chi connectivity index (χ1n) is 4.15. The minimum atomic E-state index is -0.884. The molecule has 1 aromatic rings. The van der Waals surface area contributed by atoms with Gasteiger partial charge in [-0.1, -0.05) is 11.6 Å². The summed E-state index contributed by atoms with van der Waals surface area (Å²) in [5.74, 6) is 0. The Hall–Kier alpha value is -1.18. The van der Waals surface area contributed by atoms with Crippen molar-refractivity contribution in [3.8, 4) is 0 Å². The second kappa shape index (κ2) is 4.56. The van der Waals surface area contributed by atoms with Crippen molar-refractivity contribution in [1.29, 1.82) is 0 Å². The van der Waals surface area contributed by atoms with Gasteiger partial charge in [0.25, 0.3) is 0 Å². The third-order valence-electron chi connectivity index (χ3n) is 1.95. The summed E-state index contributed by atoms with van der Waals surface area (Å²) >= 11 is 5.51. The van der Waals surface area contributed by atoms with Crippen LogP contribution in [0.15, 0.2) is 6.20 Å². The molecule has 7 nitrogen and oxygen atoms in total. The van der Waals surface area contributed by atoms with Crippen LogP contribution in [0, 0.1) is 10.1 Å². The molecule has 1 aromatic heterocycles. The van der Waals surface area contributed by atoms with Crippen molar-refractivity contribution in [1.82, 2.24) is 9.78 Å². The molecule has 1 rings (SSSR count). The zero-order chi connectivity index (χ0) is 11.6. The first-order valence-corrected chi connectivity index (χ1v) is 4.53. The Bertz CT molecular complexity index is 365. The van der Waals surface area contributed by atoms with Crippen LogP contribution >= 0.6 is 11.6 Å². The van der Waals surface area contributed by atoms with Crippen LogP contribution in [0.25, 0.3) is 0 Å². The number of aliphatic hydroxyl groups excluding tert-OH is 2. The molecule has 0 aliphatic heterocycles. The van der Waals surface area contributed by atoms with E-state index in [4.69, 9.17) is 16.7 Å². The maximum Gasteiger partial charge on any atom is 0.325 e. The highest BCUT2D eigenvalue weighted by Crippen LogP contribution is 2.24. The molecule has 2 atom stereocenters. The molecule has 1 heterocycles. The highest BCUT2D eigenvalue weighted by atomic mass is 35.5. The summed E-state index contributed by atoms with van der Waals surface area (Å²) in [6.45, 7) is 1.06. The van der Waals surface area contributed by atoms with Crippen LogP contribution < -0.4 is 0 Å². The fraction of sp³-hybridized carbons (Fsp3) is 0.571. The summed E-state index contributed by atoms with van der Waals surface area (Å²) in [6.07, 6.45) is 0.196. The maximum atomic E-state index is 10.5. The van der Waals surface area contributed by atoms with E-state index in [1.807, 2.05) is 0 Å². The Morgan fingerprint density at radius 1 is 1.80 bits per heavy atom. The zero-order valence-electron chi connectivity index (χ0n) is 7.87. The lowest BCUT2D eigenvalue weighted by Gasteiger charge is -2.16. The second-order valence-corrected chi connectivity index (χ2v) is 3.39. The fourth-order valence-electron chi connectivity index (χ4n) is 1.11. The molecule has 0 fully saturated rings. The van der Waals surface area contributed by atoms with Crippen LogP contribution in [-0.2, 0) is 0 Å². The quantitative estimate of drug-likeness (QED) is 0.580. The lowest BCUT2D eigenvalue weighted by atomic mass is 10.2. The number of nitrogens with zero attached hydrogens (tertiary/aromatic N) is 3. The van der Waals surface area contributed by atoms with Crippen molar-refractivity contribution in [2.45, 2.75) is 19.1 Å².